The van der Waals surface area contributed by atoms with Crippen LogP contribution >= 0.6 is 0 Å². The smallest absolute Gasteiger partial charge is 0.282 e. The molecule has 0 radical (unpaired) electrons. The SMILES string of the molecule is C[C@H](NC(=O)CCN1C(=O)c2cccc([N+](=O)[O-])c2C1=O)C12CC3CC(CC(C3)C1)C2. The summed E-state index contributed by atoms with van der Waals surface area (Å²) >= 11 is 0. The first-order chi connectivity index (χ1) is 14.8. The Labute approximate surface area is 180 Å². The fraction of sp³-hybridized carbons (Fsp3) is 0.609. The van der Waals surface area contributed by atoms with E-state index in [2.05, 4.69) is 12.2 Å². The van der Waals surface area contributed by atoms with Crippen LogP contribution in [0.5, 0.6) is 0 Å². The molecule has 164 valence electrons. The Morgan fingerprint density at radius 1 is 1.16 bits per heavy atom. The van der Waals surface area contributed by atoms with Gasteiger partial charge in [-0.3, -0.25) is 29.4 Å². The van der Waals surface area contributed by atoms with Crippen molar-refractivity contribution in [1.82, 2.24) is 10.2 Å². The first kappa shape index (κ1) is 20.2. The standard InChI is InChI=1S/C23H27N3O5/c1-13(23-10-14-7-15(11-23)9-16(8-14)12-23)24-19(27)5-6-25-21(28)17-3-2-4-18(26(30)31)20(17)22(25)29/h2-4,13-16H,5-12H2,1H3,(H,24,27)/t13-,14?,15?,16?,23?/m0/s1. The second-order valence-corrected chi connectivity index (χ2v) is 10.0. The summed E-state index contributed by atoms with van der Waals surface area (Å²) in [5.74, 6) is 0.911. The lowest BCUT2D eigenvalue weighted by Crippen LogP contribution is -2.56. The summed E-state index contributed by atoms with van der Waals surface area (Å²) in [5, 5.41) is 14.4. The number of nitro benzene ring substituents is 1. The van der Waals surface area contributed by atoms with Crippen LogP contribution in [0.3, 0.4) is 0 Å². The third-order valence-electron chi connectivity index (χ3n) is 8.12. The fourth-order valence-corrected chi connectivity index (χ4v) is 7.06. The second-order valence-electron chi connectivity index (χ2n) is 10.0. The van der Waals surface area contributed by atoms with Gasteiger partial charge in [0.15, 0.2) is 0 Å². The molecule has 1 heterocycles. The highest BCUT2D eigenvalue weighted by Gasteiger charge is 2.53. The van der Waals surface area contributed by atoms with Gasteiger partial charge >= 0.3 is 0 Å². The Balaban J connectivity index is 1.22. The highest BCUT2D eigenvalue weighted by molar-refractivity contribution is 6.23. The lowest BCUT2D eigenvalue weighted by molar-refractivity contribution is -0.385. The minimum atomic E-state index is -0.700. The average molecular weight is 425 g/mol. The number of nitrogens with zero attached hydrogens (tertiary/aromatic N) is 2. The molecule has 1 aromatic carbocycles. The molecule has 4 bridgehead atoms. The molecule has 1 aromatic rings. The number of imide groups is 1. The van der Waals surface area contributed by atoms with Crippen LogP contribution < -0.4 is 5.32 Å². The van der Waals surface area contributed by atoms with E-state index in [1.54, 1.807) is 0 Å². The lowest BCUT2D eigenvalue weighted by atomic mass is 9.48. The van der Waals surface area contributed by atoms with E-state index in [9.17, 15) is 24.5 Å². The number of amides is 3. The van der Waals surface area contributed by atoms with Crippen LogP contribution in [0.2, 0.25) is 0 Å². The quantitative estimate of drug-likeness (QED) is 0.427. The first-order valence-electron chi connectivity index (χ1n) is 11.2. The zero-order chi connectivity index (χ0) is 21.9. The van der Waals surface area contributed by atoms with Crippen molar-refractivity contribution in [3.63, 3.8) is 0 Å². The van der Waals surface area contributed by atoms with Gasteiger partial charge in [0.05, 0.1) is 10.5 Å². The molecule has 6 rings (SSSR count). The Morgan fingerprint density at radius 2 is 1.77 bits per heavy atom. The number of hydrogen-bond donors (Lipinski definition) is 1. The predicted molar refractivity (Wildman–Crippen MR) is 111 cm³/mol. The van der Waals surface area contributed by atoms with E-state index in [1.807, 2.05) is 0 Å². The van der Waals surface area contributed by atoms with Crippen molar-refractivity contribution in [2.75, 3.05) is 6.54 Å². The van der Waals surface area contributed by atoms with Gasteiger partial charge < -0.3 is 5.32 Å². The normalized spacial score (nSPS) is 31.6. The van der Waals surface area contributed by atoms with E-state index < -0.39 is 16.7 Å². The Hall–Kier alpha value is -2.77. The number of rotatable bonds is 6. The molecule has 31 heavy (non-hydrogen) atoms. The number of fused-ring (bicyclic) bond motifs is 1. The minimum absolute atomic E-state index is 0.00400. The van der Waals surface area contributed by atoms with Gasteiger partial charge in [0.25, 0.3) is 17.5 Å². The largest absolute Gasteiger partial charge is 0.353 e. The van der Waals surface area contributed by atoms with Crippen molar-refractivity contribution in [2.24, 2.45) is 23.2 Å². The zero-order valence-corrected chi connectivity index (χ0v) is 17.6. The molecule has 0 unspecified atom stereocenters. The van der Waals surface area contributed by atoms with Crippen molar-refractivity contribution < 1.29 is 19.3 Å². The van der Waals surface area contributed by atoms with Gasteiger partial charge in [-0.05, 0) is 74.7 Å². The minimum Gasteiger partial charge on any atom is -0.353 e. The summed E-state index contributed by atoms with van der Waals surface area (Å²) in [6.45, 7) is 2.01. The molecular formula is C23H27N3O5. The molecule has 4 saturated carbocycles. The van der Waals surface area contributed by atoms with Crippen molar-refractivity contribution in [1.29, 1.82) is 0 Å². The summed E-state index contributed by atoms with van der Waals surface area (Å²) in [4.78, 5) is 49.5. The van der Waals surface area contributed by atoms with Crippen molar-refractivity contribution in [3.05, 3.63) is 39.4 Å². The van der Waals surface area contributed by atoms with Crippen LogP contribution in [0.25, 0.3) is 0 Å². The average Bonchev–Trinajstić information content (AvgIpc) is 2.95. The van der Waals surface area contributed by atoms with Crippen LogP contribution in [0.1, 0.15) is 72.6 Å². The Morgan fingerprint density at radius 3 is 2.35 bits per heavy atom. The number of carbonyl (C=O) groups is 3. The molecule has 3 amide bonds. The van der Waals surface area contributed by atoms with Gasteiger partial charge in [0.2, 0.25) is 5.91 Å². The maximum atomic E-state index is 12.7. The summed E-state index contributed by atoms with van der Waals surface area (Å²) in [7, 11) is 0. The van der Waals surface area contributed by atoms with Crippen molar-refractivity contribution in [2.45, 2.75) is 57.9 Å². The molecule has 1 N–H and O–H groups in total. The summed E-state index contributed by atoms with van der Waals surface area (Å²) in [5.41, 5.74) is -0.347. The van der Waals surface area contributed by atoms with Gasteiger partial charge in [-0.2, -0.15) is 0 Å². The van der Waals surface area contributed by atoms with Crippen molar-refractivity contribution in [3.8, 4) is 0 Å². The van der Waals surface area contributed by atoms with Crippen LogP contribution in [-0.2, 0) is 4.79 Å². The van der Waals surface area contributed by atoms with Crippen LogP contribution in [0, 0.1) is 33.3 Å². The van der Waals surface area contributed by atoms with Crippen molar-refractivity contribution >= 4 is 23.4 Å². The summed E-state index contributed by atoms with van der Waals surface area (Å²) in [6, 6.07) is 4.09. The maximum absolute atomic E-state index is 12.7. The number of nitrogens with one attached hydrogen (secondary N) is 1. The number of hydrogen-bond acceptors (Lipinski definition) is 5. The van der Waals surface area contributed by atoms with E-state index in [-0.39, 0.29) is 47.1 Å². The molecule has 0 spiro atoms. The molecule has 1 atom stereocenters. The van der Waals surface area contributed by atoms with E-state index in [1.165, 1.54) is 56.7 Å². The molecule has 0 aromatic heterocycles. The molecule has 0 saturated heterocycles. The van der Waals surface area contributed by atoms with E-state index >= 15 is 0 Å². The first-order valence-corrected chi connectivity index (χ1v) is 11.2. The lowest BCUT2D eigenvalue weighted by Gasteiger charge is -2.59. The Bertz CT molecular complexity index is 952. The molecule has 5 aliphatic rings. The van der Waals surface area contributed by atoms with Gasteiger partial charge in [0.1, 0.15) is 5.56 Å². The van der Waals surface area contributed by atoms with Gasteiger partial charge in [0, 0.05) is 25.1 Å². The van der Waals surface area contributed by atoms with E-state index in [0.717, 1.165) is 22.7 Å². The third kappa shape index (κ3) is 3.23. The van der Waals surface area contributed by atoms with Gasteiger partial charge in [-0.15, -0.1) is 0 Å². The number of benzene rings is 1. The molecule has 8 heteroatoms. The Kier molecular flexibility index (Phi) is 4.64. The summed E-state index contributed by atoms with van der Waals surface area (Å²) in [6.07, 6.45) is 7.56. The maximum Gasteiger partial charge on any atom is 0.282 e. The molecule has 8 nitrogen and oxygen atoms in total. The number of carbonyl (C=O) groups excluding carboxylic acids is 3. The monoisotopic (exact) mass is 425 g/mol. The highest BCUT2D eigenvalue weighted by Crippen LogP contribution is 2.61. The van der Waals surface area contributed by atoms with Crippen LogP contribution in [-0.4, -0.2) is 40.1 Å². The van der Waals surface area contributed by atoms with Crippen LogP contribution in [0.4, 0.5) is 5.69 Å². The third-order valence-corrected chi connectivity index (χ3v) is 8.12. The highest BCUT2D eigenvalue weighted by atomic mass is 16.6. The van der Waals surface area contributed by atoms with E-state index in [0.29, 0.717) is 0 Å². The fourth-order valence-electron chi connectivity index (χ4n) is 7.06. The van der Waals surface area contributed by atoms with Gasteiger partial charge in [-0.25, -0.2) is 0 Å². The van der Waals surface area contributed by atoms with E-state index in [4.69, 9.17) is 0 Å². The van der Waals surface area contributed by atoms with Gasteiger partial charge in [-0.1, -0.05) is 6.07 Å². The molecule has 1 aliphatic heterocycles. The number of nitro groups is 1. The van der Waals surface area contributed by atoms with Crippen LogP contribution in [0.15, 0.2) is 18.2 Å². The summed E-state index contributed by atoms with van der Waals surface area (Å²) < 4.78 is 0. The molecular weight excluding hydrogens is 398 g/mol. The molecule has 4 fully saturated rings. The predicted octanol–water partition coefficient (Wildman–Crippen LogP) is 3.30. The topological polar surface area (TPSA) is 110 Å². The zero-order valence-electron chi connectivity index (χ0n) is 17.6. The molecule has 4 aliphatic carbocycles. The second kappa shape index (κ2) is 7.14.